The van der Waals surface area contributed by atoms with E-state index in [0.29, 0.717) is 18.1 Å². The topological polar surface area (TPSA) is 0 Å². The Morgan fingerprint density at radius 3 is 2.00 bits per heavy atom. The summed E-state index contributed by atoms with van der Waals surface area (Å²) in [5, 5.41) is -1.40. The van der Waals surface area contributed by atoms with Crippen LogP contribution < -0.4 is 0 Å². The van der Waals surface area contributed by atoms with E-state index in [0.717, 1.165) is 11.6 Å². The standard InChI is InChI=1S/C22H10F8/c1-11-2-4-12(5-3-11)19(25)20(26)14-8-13-9-16(23)15(6-7-22(28,29)30)21(27)18(13)17(24)10-14/h2-5,8-10H,1H3/b20-19+. The molecule has 0 fully saturated rings. The van der Waals surface area contributed by atoms with Crippen molar-refractivity contribution in [1.29, 1.82) is 0 Å². The Morgan fingerprint density at radius 2 is 1.40 bits per heavy atom. The minimum Gasteiger partial charge on any atom is -0.206 e. The van der Waals surface area contributed by atoms with Gasteiger partial charge in [-0.1, -0.05) is 35.7 Å². The molecule has 0 unspecified atom stereocenters. The number of hydrogen-bond acceptors (Lipinski definition) is 0. The van der Waals surface area contributed by atoms with Gasteiger partial charge in [-0.05, 0) is 30.5 Å². The Kier molecular flexibility index (Phi) is 5.57. The molecule has 0 heterocycles. The zero-order valence-corrected chi connectivity index (χ0v) is 15.1. The highest BCUT2D eigenvalue weighted by atomic mass is 19.4. The van der Waals surface area contributed by atoms with Crippen LogP contribution in [0.1, 0.15) is 22.3 Å². The summed E-state index contributed by atoms with van der Waals surface area (Å²) in [6.45, 7) is 1.73. The molecule has 0 N–H and O–H groups in total. The largest absolute Gasteiger partial charge is 0.458 e. The molecule has 0 bridgehead atoms. The van der Waals surface area contributed by atoms with Gasteiger partial charge < -0.3 is 0 Å². The van der Waals surface area contributed by atoms with Gasteiger partial charge in [-0.2, -0.15) is 13.2 Å². The highest BCUT2D eigenvalue weighted by Gasteiger charge is 2.24. The third-order valence-electron chi connectivity index (χ3n) is 4.16. The maximum atomic E-state index is 14.6. The average Bonchev–Trinajstić information content (AvgIpc) is 2.65. The van der Waals surface area contributed by atoms with E-state index in [9.17, 15) is 35.1 Å². The number of benzene rings is 3. The molecule has 0 saturated carbocycles. The third kappa shape index (κ3) is 4.30. The molecule has 8 heteroatoms. The quantitative estimate of drug-likeness (QED) is 0.230. The van der Waals surface area contributed by atoms with E-state index in [2.05, 4.69) is 0 Å². The molecule has 0 aromatic heterocycles. The summed E-state index contributed by atoms with van der Waals surface area (Å²) >= 11 is 0. The van der Waals surface area contributed by atoms with Gasteiger partial charge in [0.1, 0.15) is 11.6 Å². The van der Waals surface area contributed by atoms with Crippen molar-refractivity contribution in [3.63, 3.8) is 0 Å². The molecule has 0 saturated heterocycles. The first kappa shape index (κ1) is 21.4. The number of fused-ring (bicyclic) bond motifs is 1. The van der Waals surface area contributed by atoms with Crippen LogP contribution >= 0.6 is 0 Å². The fourth-order valence-electron chi connectivity index (χ4n) is 2.74. The Hall–Kier alpha value is -3.34. The third-order valence-corrected chi connectivity index (χ3v) is 4.16. The summed E-state index contributed by atoms with van der Waals surface area (Å²) in [5.74, 6) is -5.39. The van der Waals surface area contributed by atoms with Gasteiger partial charge in [0.2, 0.25) is 0 Å². The minimum atomic E-state index is -5.02. The summed E-state index contributed by atoms with van der Waals surface area (Å²) in [6, 6.07) is 7.40. The van der Waals surface area contributed by atoms with Crippen molar-refractivity contribution in [2.75, 3.05) is 0 Å². The lowest BCUT2D eigenvalue weighted by Crippen LogP contribution is -2.03. The number of aryl methyl sites for hydroxylation is 1. The summed E-state index contributed by atoms with van der Waals surface area (Å²) in [6.07, 6.45) is -5.02. The molecule has 30 heavy (non-hydrogen) atoms. The number of hydrogen-bond donors (Lipinski definition) is 0. The molecule has 3 aromatic rings. The molecule has 0 aliphatic carbocycles. The summed E-state index contributed by atoms with van der Waals surface area (Å²) in [4.78, 5) is 0. The average molecular weight is 426 g/mol. The lowest BCUT2D eigenvalue weighted by atomic mass is 10.0. The van der Waals surface area contributed by atoms with Gasteiger partial charge in [0, 0.05) is 17.0 Å². The van der Waals surface area contributed by atoms with E-state index in [1.165, 1.54) is 30.2 Å². The second kappa shape index (κ2) is 7.82. The Labute approximate surface area is 165 Å². The van der Waals surface area contributed by atoms with Gasteiger partial charge in [-0.3, -0.25) is 0 Å². The molecular formula is C22H10F8. The van der Waals surface area contributed by atoms with E-state index in [1.807, 2.05) is 0 Å². The van der Waals surface area contributed by atoms with Crippen LogP contribution in [-0.2, 0) is 0 Å². The maximum absolute atomic E-state index is 14.6. The van der Waals surface area contributed by atoms with Gasteiger partial charge in [-0.15, -0.1) is 0 Å². The highest BCUT2D eigenvalue weighted by Crippen LogP contribution is 2.34. The first-order chi connectivity index (χ1) is 14.0. The van der Waals surface area contributed by atoms with Gasteiger partial charge in [0.15, 0.2) is 17.5 Å². The van der Waals surface area contributed by atoms with Gasteiger partial charge >= 0.3 is 6.18 Å². The molecular weight excluding hydrogens is 416 g/mol. The highest BCUT2D eigenvalue weighted by molar-refractivity contribution is 5.91. The Bertz CT molecular complexity index is 1220. The zero-order chi connectivity index (χ0) is 22.2. The van der Waals surface area contributed by atoms with Gasteiger partial charge in [0.05, 0.1) is 10.9 Å². The van der Waals surface area contributed by atoms with Crippen LogP contribution in [0, 0.1) is 36.2 Å². The maximum Gasteiger partial charge on any atom is 0.458 e. The zero-order valence-electron chi connectivity index (χ0n) is 15.1. The van der Waals surface area contributed by atoms with Crippen LogP contribution in [0.4, 0.5) is 35.1 Å². The Balaban J connectivity index is 2.17. The molecule has 3 aromatic carbocycles. The van der Waals surface area contributed by atoms with Gasteiger partial charge in [-0.25, -0.2) is 22.0 Å². The van der Waals surface area contributed by atoms with Crippen molar-refractivity contribution >= 4 is 22.4 Å². The van der Waals surface area contributed by atoms with E-state index >= 15 is 0 Å². The Morgan fingerprint density at radius 1 is 0.800 bits per heavy atom. The summed E-state index contributed by atoms with van der Waals surface area (Å²) < 4.78 is 109. The van der Waals surface area contributed by atoms with Crippen LogP contribution in [0.5, 0.6) is 0 Å². The van der Waals surface area contributed by atoms with Crippen molar-refractivity contribution in [2.45, 2.75) is 13.1 Å². The predicted molar refractivity (Wildman–Crippen MR) is 97.0 cm³/mol. The normalized spacial score (nSPS) is 12.4. The fraction of sp³-hybridized carbons (Fsp3) is 0.0909. The van der Waals surface area contributed by atoms with Crippen LogP contribution in [0.15, 0.2) is 42.5 Å². The SMILES string of the molecule is Cc1ccc(/C(F)=C(\F)c2cc(F)c3c(F)c(C#CC(F)(F)F)c(F)cc3c2)cc1. The first-order valence-corrected chi connectivity index (χ1v) is 8.32. The van der Waals surface area contributed by atoms with Crippen LogP contribution in [0.3, 0.4) is 0 Å². The van der Waals surface area contributed by atoms with Crippen molar-refractivity contribution in [3.05, 3.63) is 82.2 Å². The second-order valence-electron chi connectivity index (χ2n) is 6.35. The summed E-state index contributed by atoms with van der Waals surface area (Å²) in [7, 11) is 0. The van der Waals surface area contributed by atoms with E-state index < -0.39 is 57.2 Å². The minimum absolute atomic E-state index is 0.131. The molecule has 0 nitrogen and oxygen atoms in total. The van der Waals surface area contributed by atoms with Crippen molar-refractivity contribution in [3.8, 4) is 11.8 Å². The molecule has 0 radical (unpaired) electrons. The second-order valence-corrected chi connectivity index (χ2v) is 6.35. The lowest BCUT2D eigenvalue weighted by molar-refractivity contribution is -0.0696. The van der Waals surface area contributed by atoms with Crippen molar-refractivity contribution < 1.29 is 35.1 Å². The first-order valence-electron chi connectivity index (χ1n) is 8.32. The predicted octanol–water partition coefficient (Wildman–Crippen LogP) is 7.24. The molecule has 0 aliphatic rings. The molecule has 0 spiro atoms. The van der Waals surface area contributed by atoms with Crippen molar-refractivity contribution in [1.82, 2.24) is 0 Å². The number of alkyl halides is 3. The van der Waals surface area contributed by atoms with Crippen LogP contribution in [-0.4, -0.2) is 6.18 Å². The molecule has 0 amide bonds. The lowest BCUT2D eigenvalue weighted by Gasteiger charge is -2.09. The number of rotatable bonds is 2. The smallest absolute Gasteiger partial charge is 0.206 e. The fourth-order valence-corrected chi connectivity index (χ4v) is 2.74. The van der Waals surface area contributed by atoms with Gasteiger partial charge in [0.25, 0.3) is 0 Å². The van der Waals surface area contributed by atoms with Crippen molar-refractivity contribution in [2.24, 2.45) is 0 Å². The van der Waals surface area contributed by atoms with E-state index in [4.69, 9.17) is 0 Å². The van der Waals surface area contributed by atoms with Crippen LogP contribution in [0.25, 0.3) is 22.4 Å². The van der Waals surface area contributed by atoms with Crippen LogP contribution in [0.2, 0.25) is 0 Å². The molecule has 0 atom stereocenters. The monoisotopic (exact) mass is 426 g/mol. The summed E-state index contributed by atoms with van der Waals surface area (Å²) in [5.41, 5.74) is -1.26. The molecule has 0 aliphatic heterocycles. The van der Waals surface area contributed by atoms with E-state index in [1.54, 1.807) is 6.92 Å². The van der Waals surface area contributed by atoms with E-state index in [-0.39, 0.29) is 5.56 Å². The molecule has 3 rings (SSSR count). The molecule has 154 valence electrons. The number of halogens is 8.